The van der Waals surface area contributed by atoms with Gasteiger partial charge in [0.1, 0.15) is 0 Å². The topological polar surface area (TPSA) is 98.5 Å². The lowest BCUT2D eigenvalue weighted by atomic mass is 10.2. The first-order chi connectivity index (χ1) is 8.75. The molecule has 0 aliphatic rings. The number of hydrogen-bond donors (Lipinski definition) is 2. The summed E-state index contributed by atoms with van der Waals surface area (Å²) in [5.74, 6) is -0.112. The Morgan fingerprint density at radius 2 is 2.21 bits per heavy atom. The van der Waals surface area contributed by atoms with Crippen molar-refractivity contribution in [1.82, 2.24) is 5.32 Å². The van der Waals surface area contributed by atoms with E-state index < -0.39 is 10.0 Å². The van der Waals surface area contributed by atoms with Crippen molar-refractivity contribution < 1.29 is 17.9 Å². The minimum Gasteiger partial charge on any atom is -0.384 e. The maximum absolute atomic E-state index is 11.9. The van der Waals surface area contributed by atoms with Crippen LogP contribution in [0.15, 0.2) is 11.0 Å². The van der Waals surface area contributed by atoms with E-state index in [9.17, 15) is 13.2 Å². The van der Waals surface area contributed by atoms with Gasteiger partial charge in [-0.15, -0.1) is 11.3 Å². The molecule has 0 saturated carbocycles. The van der Waals surface area contributed by atoms with E-state index in [4.69, 9.17) is 9.88 Å². The standard InChI is InChI=1S/C11H18N2O4S2/c1-7(6-17-3)5-13-11(14)9-4-10(8(2)18-9)19(12,15)16/h4,7H,5-6H2,1-3H3,(H,13,14)(H2,12,15,16). The first-order valence-electron chi connectivity index (χ1n) is 5.66. The average Bonchev–Trinajstić information content (AvgIpc) is 2.68. The number of nitrogens with two attached hydrogens (primary N) is 1. The second-order valence-corrected chi connectivity index (χ2v) is 7.13. The molecule has 8 heteroatoms. The Bertz CT molecular complexity index is 551. The Balaban J connectivity index is 2.74. The van der Waals surface area contributed by atoms with Crippen LogP contribution in [-0.2, 0) is 14.8 Å². The number of carbonyl (C=O) groups excluding carboxylic acids is 1. The van der Waals surface area contributed by atoms with Crippen molar-refractivity contribution in [2.75, 3.05) is 20.3 Å². The number of nitrogens with one attached hydrogen (secondary N) is 1. The summed E-state index contributed by atoms with van der Waals surface area (Å²) >= 11 is 1.11. The third kappa shape index (κ3) is 4.57. The molecule has 19 heavy (non-hydrogen) atoms. The van der Waals surface area contributed by atoms with Gasteiger partial charge < -0.3 is 10.1 Å². The zero-order chi connectivity index (χ0) is 14.6. The van der Waals surface area contributed by atoms with Gasteiger partial charge in [0.15, 0.2) is 0 Å². The fraction of sp³-hybridized carbons (Fsp3) is 0.545. The molecule has 1 unspecified atom stereocenters. The van der Waals surface area contributed by atoms with Crippen LogP contribution in [0, 0.1) is 12.8 Å². The summed E-state index contributed by atoms with van der Waals surface area (Å²) in [6.45, 7) is 4.58. The van der Waals surface area contributed by atoms with Crippen molar-refractivity contribution in [3.05, 3.63) is 15.8 Å². The van der Waals surface area contributed by atoms with Crippen LogP contribution in [0.5, 0.6) is 0 Å². The molecule has 3 N–H and O–H groups in total. The molecule has 0 bridgehead atoms. The van der Waals surface area contributed by atoms with Gasteiger partial charge in [-0.05, 0) is 18.9 Å². The summed E-state index contributed by atoms with van der Waals surface area (Å²) in [7, 11) is -2.18. The predicted molar refractivity (Wildman–Crippen MR) is 73.8 cm³/mol. The lowest BCUT2D eigenvalue weighted by molar-refractivity contribution is 0.0938. The van der Waals surface area contributed by atoms with Gasteiger partial charge in [0.2, 0.25) is 10.0 Å². The highest BCUT2D eigenvalue weighted by Gasteiger charge is 2.19. The van der Waals surface area contributed by atoms with Gasteiger partial charge in [0.25, 0.3) is 5.91 Å². The van der Waals surface area contributed by atoms with Crippen LogP contribution in [-0.4, -0.2) is 34.6 Å². The SMILES string of the molecule is COCC(C)CNC(=O)c1cc(S(N)(=O)=O)c(C)s1. The van der Waals surface area contributed by atoms with Gasteiger partial charge in [0, 0.05) is 18.5 Å². The number of rotatable bonds is 6. The molecule has 1 aromatic heterocycles. The summed E-state index contributed by atoms with van der Waals surface area (Å²) in [4.78, 5) is 12.7. The van der Waals surface area contributed by atoms with Crippen LogP contribution in [0.4, 0.5) is 0 Å². The number of sulfonamides is 1. The lowest BCUT2D eigenvalue weighted by Crippen LogP contribution is -2.29. The monoisotopic (exact) mass is 306 g/mol. The Morgan fingerprint density at radius 3 is 2.68 bits per heavy atom. The quantitative estimate of drug-likeness (QED) is 0.809. The first kappa shape index (κ1) is 16.1. The number of primary sulfonamides is 1. The van der Waals surface area contributed by atoms with Crippen molar-refractivity contribution in [3.63, 3.8) is 0 Å². The summed E-state index contributed by atoms with van der Waals surface area (Å²) in [6.07, 6.45) is 0. The maximum atomic E-state index is 11.9. The molecule has 1 aromatic rings. The third-order valence-corrected chi connectivity index (χ3v) is 4.68. The van der Waals surface area contributed by atoms with Crippen molar-refractivity contribution in [2.45, 2.75) is 18.7 Å². The van der Waals surface area contributed by atoms with Gasteiger partial charge in [0.05, 0.1) is 16.4 Å². The summed E-state index contributed by atoms with van der Waals surface area (Å²) in [5, 5.41) is 7.79. The zero-order valence-electron chi connectivity index (χ0n) is 11.1. The van der Waals surface area contributed by atoms with E-state index in [2.05, 4.69) is 5.32 Å². The second-order valence-electron chi connectivity index (χ2n) is 4.35. The average molecular weight is 306 g/mol. The highest BCUT2D eigenvalue weighted by atomic mass is 32.2. The highest BCUT2D eigenvalue weighted by Crippen LogP contribution is 2.24. The molecule has 0 aliphatic carbocycles. The predicted octanol–water partition coefficient (Wildman–Crippen LogP) is 0.716. The van der Waals surface area contributed by atoms with E-state index in [0.29, 0.717) is 22.9 Å². The van der Waals surface area contributed by atoms with Gasteiger partial charge in [-0.25, -0.2) is 13.6 Å². The van der Waals surface area contributed by atoms with Gasteiger partial charge in [-0.3, -0.25) is 4.79 Å². The summed E-state index contributed by atoms with van der Waals surface area (Å²) < 4.78 is 27.5. The number of ether oxygens (including phenoxy) is 1. The van der Waals surface area contributed by atoms with E-state index in [0.717, 1.165) is 11.3 Å². The van der Waals surface area contributed by atoms with E-state index in [1.54, 1.807) is 14.0 Å². The molecule has 0 spiro atoms. The highest BCUT2D eigenvalue weighted by molar-refractivity contribution is 7.89. The van der Waals surface area contributed by atoms with Crippen molar-refractivity contribution >= 4 is 27.3 Å². The Hall–Kier alpha value is -0.960. The molecular formula is C11H18N2O4S2. The smallest absolute Gasteiger partial charge is 0.261 e. The van der Waals surface area contributed by atoms with Crippen LogP contribution < -0.4 is 10.5 Å². The molecular weight excluding hydrogens is 288 g/mol. The fourth-order valence-corrected chi connectivity index (χ4v) is 3.62. The molecule has 0 saturated heterocycles. The summed E-state index contributed by atoms with van der Waals surface area (Å²) in [6, 6.07) is 1.31. The molecule has 1 amide bonds. The van der Waals surface area contributed by atoms with Crippen LogP contribution >= 0.6 is 11.3 Å². The number of aryl methyl sites for hydroxylation is 1. The second kappa shape index (κ2) is 6.47. The molecule has 0 aromatic carbocycles. The Kier molecular flexibility index (Phi) is 5.48. The van der Waals surface area contributed by atoms with Crippen molar-refractivity contribution in [1.29, 1.82) is 0 Å². The van der Waals surface area contributed by atoms with E-state index in [-0.39, 0.29) is 16.7 Å². The maximum Gasteiger partial charge on any atom is 0.261 e. The summed E-state index contributed by atoms with van der Waals surface area (Å²) in [5.41, 5.74) is 0. The number of thiophene rings is 1. The van der Waals surface area contributed by atoms with Crippen LogP contribution in [0.3, 0.4) is 0 Å². The number of amides is 1. The minimum absolute atomic E-state index is 0.00703. The van der Waals surface area contributed by atoms with Crippen molar-refractivity contribution in [2.24, 2.45) is 11.1 Å². The van der Waals surface area contributed by atoms with Gasteiger partial charge in [-0.1, -0.05) is 6.92 Å². The minimum atomic E-state index is -3.78. The molecule has 1 atom stereocenters. The molecule has 6 nitrogen and oxygen atoms in total. The van der Waals surface area contributed by atoms with Crippen LogP contribution in [0.2, 0.25) is 0 Å². The van der Waals surface area contributed by atoms with Gasteiger partial charge in [-0.2, -0.15) is 0 Å². The van der Waals surface area contributed by atoms with E-state index in [1.807, 2.05) is 6.92 Å². The normalized spacial score (nSPS) is 13.3. The molecule has 0 fully saturated rings. The molecule has 1 rings (SSSR count). The van der Waals surface area contributed by atoms with Gasteiger partial charge >= 0.3 is 0 Å². The van der Waals surface area contributed by atoms with Crippen molar-refractivity contribution in [3.8, 4) is 0 Å². The molecule has 0 aliphatic heterocycles. The molecule has 1 heterocycles. The number of carbonyl (C=O) groups is 1. The Labute approximate surface area is 117 Å². The van der Waals surface area contributed by atoms with Crippen LogP contribution in [0.25, 0.3) is 0 Å². The Morgan fingerprint density at radius 1 is 1.58 bits per heavy atom. The third-order valence-electron chi connectivity index (χ3n) is 2.46. The molecule has 0 radical (unpaired) electrons. The first-order valence-corrected chi connectivity index (χ1v) is 8.02. The fourth-order valence-electron chi connectivity index (χ4n) is 1.56. The van der Waals surface area contributed by atoms with Crippen LogP contribution in [0.1, 0.15) is 21.5 Å². The van der Waals surface area contributed by atoms with E-state index in [1.165, 1.54) is 6.07 Å². The van der Waals surface area contributed by atoms with E-state index >= 15 is 0 Å². The largest absolute Gasteiger partial charge is 0.384 e. The number of hydrogen-bond acceptors (Lipinski definition) is 5. The zero-order valence-corrected chi connectivity index (χ0v) is 12.7. The molecule has 108 valence electrons. The number of methoxy groups -OCH3 is 1. The lowest BCUT2D eigenvalue weighted by Gasteiger charge is -2.10.